The molecule has 3 aromatic rings. The molecule has 2 aromatic carbocycles. The Morgan fingerprint density at radius 3 is 2.82 bits per heavy atom. The second-order valence-electron chi connectivity index (χ2n) is 7.01. The van der Waals surface area contributed by atoms with E-state index in [1.165, 1.54) is 11.8 Å². The number of aryl methyl sites for hydroxylation is 1. The second kappa shape index (κ2) is 7.60. The van der Waals surface area contributed by atoms with Gasteiger partial charge in [-0.2, -0.15) is 0 Å². The number of aromatic nitrogens is 2. The van der Waals surface area contributed by atoms with E-state index in [9.17, 15) is 13.2 Å². The number of para-hydroxylation sites is 2. The highest BCUT2D eigenvalue weighted by Gasteiger charge is 2.29. The molecule has 4 rings (SSSR count). The first kappa shape index (κ1) is 19.0. The molecular formula is C20H21N3O3S2. The van der Waals surface area contributed by atoms with Gasteiger partial charge < -0.3 is 5.32 Å². The molecule has 2 heterocycles. The monoisotopic (exact) mass is 415 g/mol. The van der Waals surface area contributed by atoms with Crippen LogP contribution in [0.5, 0.6) is 0 Å². The van der Waals surface area contributed by atoms with E-state index in [-0.39, 0.29) is 29.2 Å². The summed E-state index contributed by atoms with van der Waals surface area (Å²) in [5.41, 5.74) is 4.00. The molecular weight excluding hydrogens is 394 g/mol. The van der Waals surface area contributed by atoms with E-state index < -0.39 is 9.84 Å². The summed E-state index contributed by atoms with van der Waals surface area (Å²) in [4.78, 5) is 17.0. The maximum atomic E-state index is 12.3. The number of fused-ring (bicyclic) bond motifs is 1. The quantitative estimate of drug-likeness (QED) is 0.648. The van der Waals surface area contributed by atoms with Crippen molar-refractivity contribution < 1.29 is 13.2 Å². The molecule has 0 bridgehead atoms. The van der Waals surface area contributed by atoms with Crippen LogP contribution < -0.4 is 5.32 Å². The molecule has 1 aliphatic heterocycles. The van der Waals surface area contributed by atoms with Crippen LogP contribution in [0.15, 0.2) is 53.7 Å². The molecule has 1 saturated heterocycles. The highest BCUT2D eigenvalue weighted by Crippen LogP contribution is 2.28. The van der Waals surface area contributed by atoms with Gasteiger partial charge in [0.25, 0.3) is 0 Å². The molecule has 28 heavy (non-hydrogen) atoms. The van der Waals surface area contributed by atoms with Crippen molar-refractivity contribution in [2.24, 2.45) is 0 Å². The Balaban J connectivity index is 1.55. The Morgan fingerprint density at radius 2 is 2.07 bits per heavy atom. The van der Waals surface area contributed by atoms with Gasteiger partial charge in [0.05, 0.1) is 28.3 Å². The average Bonchev–Trinajstić information content (AvgIpc) is 3.19. The van der Waals surface area contributed by atoms with E-state index in [0.29, 0.717) is 6.42 Å². The van der Waals surface area contributed by atoms with E-state index in [1.54, 1.807) is 0 Å². The maximum Gasteiger partial charge on any atom is 0.230 e. The normalized spacial score (nSPS) is 18.4. The summed E-state index contributed by atoms with van der Waals surface area (Å²) in [6, 6.07) is 15.7. The molecule has 8 heteroatoms. The fraction of sp³-hybridized carbons (Fsp3) is 0.300. The summed E-state index contributed by atoms with van der Waals surface area (Å²) in [5.74, 6) is 0.195. The zero-order chi connectivity index (χ0) is 19.7. The maximum absolute atomic E-state index is 12.3. The van der Waals surface area contributed by atoms with Crippen molar-refractivity contribution in [3.8, 4) is 5.69 Å². The Bertz CT molecular complexity index is 1140. The topological polar surface area (TPSA) is 81.1 Å². The van der Waals surface area contributed by atoms with Crippen molar-refractivity contribution in [2.45, 2.75) is 24.5 Å². The van der Waals surface area contributed by atoms with Crippen LogP contribution in [0, 0.1) is 6.92 Å². The van der Waals surface area contributed by atoms with E-state index in [1.807, 2.05) is 49.4 Å². The molecule has 1 unspecified atom stereocenters. The lowest BCUT2D eigenvalue weighted by atomic mass is 10.2. The van der Waals surface area contributed by atoms with E-state index in [2.05, 4.69) is 16.0 Å². The lowest BCUT2D eigenvalue weighted by Gasteiger charge is -2.12. The number of benzene rings is 2. The van der Waals surface area contributed by atoms with Crippen molar-refractivity contribution in [1.82, 2.24) is 14.9 Å². The van der Waals surface area contributed by atoms with Gasteiger partial charge in [-0.15, -0.1) is 0 Å². The van der Waals surface area contributed by atoms with Gasteiger partial charge >= 0.3 is 0 Å². The van der Waals surface area contributed by atoms with Crippen LogP contribution in [0.25, 0.3) is 16.7 Å². The van der Waals surface area contributed by atoms with Gasteiger partial charge in [-0.3, -0.25) is 9.36 Å². The van der Waals surface area contributed by atoms with Crippen molar-refractivity contribution >= 4 is 38.5 Å². The third kappa shape index (κ3) is 4.07. The average molecular weight is 416 g/mol. The number of nitrogens with zero attached hydrogens (tertiary/aromatic N) is 2. The summed E-state index contributed by atoms with van der Waals surface area (Å²) < 4.78 is 25.2. The zero-order valence-electron chi connectivity index (χ0n) is 15.5. The Kier molecular flexibility index (Phi) is 5.16. The van der Waals surface area contributed by atoms with E-state index in [0.717, 1.165) is 27.4 Å². The van der Waals surface area contributed by atoms with Gasteiger partial charge in [-0.25, -0.2) is 13.4 Å². The minimum absolute atomic E-state index is 0.0329. The number of hydrogen-bond acceptors (Lipinski definition) is 5. The lowest BCUT2D eigenvalue weighted by molar-refractivity contribution is -0.119. The number of amides is 1. The van der Waals surface area contributed by atoms with Gasteiger partial charge in [0.2, 0.25) is 5.91 Å². The molecule has 1 aromatic heterocycles. The Labute approximate surface area is 168 Å². The summed E-state index contributed by atoms with van der Waals surface area (Å²) in [7, 11) is -3.01. The van der Waals surface area contributed by atoms with Crippen molar-refractivity contribution in [1.29, 1.82) is 0 Å². The molecule has 146 valence electrons. The van der Waals surface area contributed by atoms with Crippen molar-refractivity contribution in [3.05, 3.63) is 54.1 Å². The Morgan fingerprint density at radius 1 is 1.25 bits per heavy atom. The van der Waals surface area contributed by atoms with Gasteiger partial charge in [0.1, 0.15) is 0 Å². The fourth-order valence-electron chi connectivity index (χ4n) is 3.43. The molecule has 1 aliphatic rings. The van der Waals surface area contributed by atoms with E-state index >= 15 is 0 Å². The SMILES string of the molecule is Cc1cccc(-n2c(SCC(=O)NC3CCS(=O)(=O)C3)nc3ccccc32)c1. The smallest absolute Gasteiger partial charge is 0.230 e. The molecule has 6 nitrogen and oxygen atoms in total. The standard InChI is InChI=1S/C20H21N3O3S2/c1-14-5-4-6-16(11-14)23-18-8-3-2-7-17(18)22-20(23)27-12-19(24)21-15-9-10-28(25,26)13-15/h2-8,11,15H,9-10,12-13H2,1H3,(H,21,24). The molecule has 0 saturated carbocycles. The minimum atomic E-state index is -3.01. The number of nitrogens with one attached hydrogen (secondary N) is 1. The first-order valence-electron chi connectivity index (χ1n) is 9.08. The summed E-state index contributed by atoms with van der Waals surface area (Å²) in [5, 5.41) is 3.57. The van der Waals surface area contributed by atoms with Crippen LogP contribution in [-0.2, 0) is 14.6 Å². The number of carbonyl (C=O) groups is 1. The predicted octanol–water partition coefficient (Wildman–Crippen LogP) is 2.73. The first-order chi connectivity index (χ1) is 13.4. The van der Waals surface area contributed by atoms with Crippen LogP contribution in [-0.4, -0.2) is 47.2 Å². The van der Waals surface area contributed by atoms with Crippen LogP contribution >= 0.6 is 11.8 Å². The highest BCUT2D eigenvalue weighted by atomic mass is 32.2. The molecule has 0 aliphatic carbocycles. The van der Waals surface area contributed by atoms with Gasteiger partial charge in [0.15, 0.2) is 15.0 Å². The molecule has 1 N–H and O–H groups in total. The van der Waals surface area contributed by atoms with Crippen molar-refractivity contribution in [3.63, 3.8) is 0 Å². The molecule has 0 spiro atoms. The highest BCUT2D eigenvalue weighted by molar-refractivity contribution is 7.99. The summed E-state index contributed by atoms with van der Waals surface area (Å²) in [6.07, 6.45) is 0.487. The second-order valence-corrected chi connectivity index (χ2v) is 10.2. The van der Waals surface area contributed by atoms with Gasteiger partial charge in [0, 0.05) is 11.7 Å². The van der Waals surface area contributed by atoms with Crippen LogP contribution in [0.1, 0.15) is 12.0 Å². The number of carbonyl (C=O) groups excluding carboxylic acids is 1. The summed E-state index contributed by atoms with van der Waals surface area (Å²) in [6.45, 7) is 2.04. The number of sulfone groups is 1. The lowest BCUT2D eigenvalue weighted by Crippen LogP contribution is -2.36. The minimum Gasteiger partial charge on any atom is -0.352 e. The third-order valence-corrected chi connectivity index (χ3v) is 7.43. The van der Waals surface area contributed by atoms with Gasteiger partial charge in [-0.05, 0) is 43.2 Å². The fourth-order valence-corrected chi connectivity index (χ4v) is 5.94. The Hall–Kier alpha value is -2.32. The largest absolute Gasteiger partial charge is 0.352 e. The van der Waals surface area contributed by atoms with Crippen LogP contribution in [0.3, 0.4) is 0 Å². The first-order valence-corrected chi connectivity index (χ1v) is 11.9. The summed E-state index contributed by atoms with van der Waals surface area (Å²) >= 11 is 1.36. The number of thioether (sulfide) groups is 1. The molecule has 1 fully saturated rings. The number of hydrogen-bond donors (Lipinski definition) is 1. The number of rotatable bonds is 5. The van der Waals surface area contributed by atoms with Crippen LogP contribution in [0.2, 0.25) is 0 Å². The molecule has 1 amide bonds. The van der Waals surface area contributed by atoms with Crippen molar-refractivity contribution in [2.75, 3.05) is 17.3 Å². The molecule has 0 radical (unpaired) electrons. The number of imidazole rings is 1. The van der Waals surface area contributed by atoms with Gasteiger partial charge in [-0.1, -0.05) is 36.0 Å². The third-order valence-electron chi connectivity index (χ3n) is 4.72. The van der Waals surface area contributed by atoms with Crippen LogP contribution in [0.4, 0.5) is 0 Å². The zero-order valence-corrected chi connectivity index (χ0v) is 17.1. The van der Waals surface area contributed by atoms with E-state index in [4.69, 9.17) is 4.98 Å². The molecule has 1 atom stereocenters. The predicted molar refractivity (Wildman–Crippen MR) is 112 cm³/mol.